The number of carbonyl (C=O) groups is 1. The van der Waals surface area contributed by atoms with E-state index in [2.05, 4.69) is 33.9 Å². The Morgan fingerprint density at radius 2 is 1.86 bits per heavy atom. The number of primary amides is 1. The van der Waals surface area contributed by atoms with Crippen LogP contribution in [0.2, 0.25) is 0 Å². The van der Waals surface area contributed by atoms with Gasteiger partial charge in [0.2, 0.25) is 10.0 Å². The number of likely N-dealkylation sites (tertiary alicyclic amines) is 1. The molecule has 0 aliphatic carbocycles. The van der Waals surface area contributed by atoms with Gasteiger partial charge in [0.05, 0.1) is 4.90 Å². The normalized spacial score (nSPS) is 17.7. The fraction of sp³-hybridized carbons (Fsp3) is 0.381. The van der Waals surface area contributed by atoms with Crippen molar-refractivity contribution in [2.45, 2.75) is 23.7 Å². The molecule has 3 N–H and O–H groups in total. The molecule has 29 heavy (non-hydrogen) atoms. The van der Waals surface area contributed by atoms with Gasteiger partial charge in [-0.1, -0.05) is 30.3 Å². The molecule has 2 aromatic rings. The summed E-state index contributed by atoms with van der Waals surface area (Å²) < 4.78 is 32.8. The largest absolute Gasteiger partial charge is 0.484 e. The van der Waals surface area contributed by atoms with Gasteiger partial charge in [0.15, 0.2) is 6.61 Å². The lowest BCUT2D eigenvalue weighted by Gasteiger charge is -2.33. The fourth-order valence-corrected chi connectivity index (χ4v) is 4.57. The van der Waals surface area contributed by atoms with Crippen LogP contribution in [-0.2, 0) is 14.8 Å². The zero-order valence-corrected chi connectivity index (χ0v) is 17.1. The molecule has 8 heteroatoms. The Morgan fingerprint density at radius 3 is 2.55 bits per heavy atom. The Kier molecular flexibility index (Phi) is 7.24. The van der Waals surface area contributed by atoms with Gasteiger partial charge in [-0.25, -0.2) is 13.1 Å². The summed E-state index contributed by atoms with van der Waals surface area (Å²) in [4.78, 5) is 13.2. The van der Waals surface area contributed by atoms with E-state index in [1.165, 1.54) is 29.8 Å². The molecule has 0 radical (unpaired) electrons. The number of carbonyl (C=O) groups excluding carboxylic acids is 1. The van der Waals surface area contributed by atoms with Crippen LogP contribution in [0.15, 0.2) is 59.5 Å². The highest BCUT2D eigenvalue weighted by Crippen LogP contribution is 2.26. The molecule has 1 atom stereocenters. The second-order valence-corrected chi connectivity index (χ2v) is 8.94. The first-order chi connectivity index (χ1) is 13.9. The summed E-state index contributed by atoms with van der Waals surface area (Å²) in [6.07, 6.45) is 2.27. The van der Waals surface area contributed by atoms with Crippen molar-refractivity contribution in [3.05, 3.63) is 60.2 Å². The minimum atomic E-state index is -3.60. The molecule has 1 aliphatic heterocycles. The number of hydrogen-bond acceptors (Lipinski definition) is 5. The third-order valence-electron chi connectivity index (χ3n) is 5.01. The van der Waals surface area contributed by atoms with Crippen molar-refractivity contribution in [1.29, 1.82) is 0 Å². The molecule has 0 spiro atoms. The van der Waals surface area contributed by atoms with Gasteiger partial charge in [-0.3, -0.25) is 4.79 Å². The van der Waals surface area contributed by atoms with Crippen LogP contribution in [0.4, 0.5) is 0 Å². The number of ether oxygens (including phenoxy) is 1. The van der Waals surface area contributed by atoms with E-state index in [0.29, 0.717) is 24.8 Å². The Hall–Kier alpha value is -2.42. The Bertz CT molecular complexity index is 901. The molecule has 0 saturated carbocycles. The molecule has 3 rings (SSSR count). The van der Waals surface area contributed by atoms with Gasteiger partial charge >= 0.3 is 0 Å². The van der Waals surface area contributed by atoms with Crippen molar-refractivity contribution < 1.29 is 17.9 Å². The number of benzene rings is 2. The van der Waals surface area contributed by atoms with E-state index >= 15 is 0 Å². The number of piperidine rings is 1. The van der Waals surface area contributed by atoms with Crippen LogP contribution in [0.1, 0.15) is 24.3 Å². The zero-order valence-electron chi connectivity index (χ0n) is 16.3. The standard InChI is InChI=1S/C21H27N3O4S/c22-21(25)16-28-19-8-10-20(11-9-19)29(26,27)23-12-14-24-13-4-7-18(15-24)17-5-2-1-3-6-17/h1-3,5-6,8-11,18,23H,4,7,12-16H2,(H2,22,25)/t18-/m0/s1. The Labute approximate surface area is 171 Å². The van der Waals surface area contributed by atoms with Crippen molar-refractivity contribution in [3.63, 3.8) is 0 Å². The Morgan fingerprint density at radius 1 is 1.14 bits per heavy atom. The lowest BCUT2D eigenvalue weighted by atomic mass is 9.91. The number of amides is 1. The number of hydrogen-bond donors (Lipinski definition) is 2. The predicted octanol–water partition coefficient (Wildman–Crippen LogP) is 1.71. The number of nitrogens with one attached hydrogen (secondary N) is 1. The summed E-state index contributed by atoms with van der Waals surface area (Å²) in [5, 5.41) is 0. The predicted molar refractivity (Wildman–Crippen MR) is 111 cm³/mol. The summed E-state index contributed by atoms with van der Waals surface area (Å²) in [7, 11) is -3.60. The van der Waals surface area contributed by atoms with Crippen LogP contribution in [0, 0.1) is 0 Å². The summed E-state index contributed by atoms with van der Waals surface area (Å²) in [5.41, 5.74) is 6.37. The average Bonchev–Trinajstić information content (AvgIpc) is 2.73. The molecule has 1 saturated heterocycles. The highest BCUT2D eigenvalue weighted by Gasteiger charge is 2.21. The van der Waals surface area contributed by atoms with E-state index in [9.17, 15) is 13.2 Å². The number of sulfonamides is 1. The molecule has 1 aliphatic rings. The molecular weight excluding hydrogens is 390 g/mol. The highest BCUT2D eigenvalue weighted by molar-refractivity contribution is 7.89. The first-order valence-corrected chi connectivity index (χ1v) is 11.2. The summed E-state index contributed by atoms with van der Waals surface area (Å²) in [5.74, 6) is 0.299. The van der Waals surface area contributed by atoms with Gasteiger partial charge in [-0.15, -0.1) is 0 Å². The highest BCUT2D eigenvalue weighted by atomic mass is 32.2. The van der Waals surface area contributed by atoms with E-state index in [4.69, 9.17) is 10.5 Å². The van der Waals surface area contributed by atoms with Gasteiger partial charge < -0.3 is 15.4 Å². The molecule has 0 aromatic heterocycles. The molecule has 2 aromatic carbocycles. The van der Waals surface area contributed by atoms with Crippen LogP contribution in [0.5, 0.6) is 5.75 Å². The first kappa shape index (κ1) is 21.3. The van der Waals surface area contributed by atoms with Crippen molar-refractivity contribution in [1.82, 2.24) is 9.62 Å². The lowest BCUT2D eigenvalue weighted by molar-refractivity contribution is -0.119. The van der Waals surface area contributed by atoms with Crippen LogP contribution in [0.3, 0.4) is 0 Å². The smallest absolute Gasteiger partial charge is 0.255 e. The van der Waals surface area contributed by atoms with Gasteiger partial charge in [0.1, 0.15) is 5.75 Å². The van der Waals surface area contributed by atoms with Gasteiger partial charge in [0, 0.05) is 19.6 Å². The van der Waals surface area contributed by atoms with E-state index in [1.54, 1.807) is 0 Å². The van der Waals surface area contributed by atoms with Crippen molar-refractivity contribution in [3.8, 4) is 5.75 Å². The molecular formula is C21H27N3O4S. The number of nitrogens with two attached hydrogens (primary N) is 1. The quantitative estimate of drug-likeness (QED) is 0.647. The minimum absolute atomic E-state index is 0.157. The number of rotatable bonds is 9. The second kappa shape index (κ2) is 9.87. The maximum absolute atomic E-state index is 12.5. The third-order valence-corrected chi connectivity index (χ3v) is 6.49. The van der Waals surface area contributed by atoms with Crippen LogP contribution in [0.25, 0.3) is 0 Å². The SMILES string of the molecule is NC(=O)COc1ccc(S(=O)(=O)NCCN2CCC[C@H](c3ccccc3)C2)cc1. The zero-order chi connectivity index (χ0) is 20.7. The topological polar surface area (TPSA) is 102 Å². The molecule has 156 valence electrons. The average molecular weight is 418 g/mol. The van der Waals surface area contributed by atoms with E-state index in [0.717, 1.165) is 25.9 Å². The van der Waals surface area contributed by atoms with Crippen molar-refractivity contribution in [2.24, 2.45) is 5.73 Å². The summed E-state index contributed by atoms with van der Waals surface area (Å²) >= 11 is 0. The lowest BCUT2D eigenvalue weighted by Crippen LogP contribution is -2.40. The van der Waals surface area contributed by atoms with Gasteiger partial charge in [-0.2, -0.15) is 0 Å². The molecule has 1 amide bonds. The molecule has 1 fully saturated rings. The second-order valence-electron chi connectivity index (χ2n) is 7.17. The molecule has 0 unspecified atom stereocenters. The third kappa shape index (κ3) is 6.28. The van der Waals surface area contributed by atoms with Crippen molar-refractivity contribution in [2.75, 3.05) is 32.8 Å². The summed E-state index contributed by atoms with van der Waals surface area (Å²) in [6, 6.07) is 16.4. The van der Waals surface area contributed by atoms with E-state index in [1.807, 2.05) is 6.07 Å². The first-order valence-electron chi connectivity index (χ1n) is 9.72. The Balaban J connectivity index is 1.49. The van der Waals surface area contributed by atoms with E-state index < -0.39 is 15.9 Å². The van der Waals surface area contributed by atoms with Crippen LogP contribution >= 0.6 is 0 Å². The van der Waals surface area contributed by atoms with Crippen molar-refractivity contribution >= 4 is 15.9 Å². The monoisotopic (exact) mass is 417 g/mol. The minimum Gasteiger partial charge on any atom is -0.484 e. The van der Waals surface area contributed by atoms with Gasteiger partial charge in [-0.05, 0) is 55.1 Å². The molecule has 1 heterocycles. The maximum atomic E-state index is 12.5. The maximum Gasteiger partial charge on any atom is 0.255 e. The van der Waals surface area contributed by atoms with Crippen LogP contribution < -0.4 is 15.2 Å². The fourth-order valence-electron chi connectivity index (χ4n) is 3.55. The van der Waals surface area contributed by atoms with Crippen LogP contribution in [-0.4, -0.2) is 52.0 Å². The molecule has 7 nitrogen and oxygen atoms in total. The summed E-state index contributed by atoms with van der Waals surface area (Å²) in [6.45, 7) is 2.70. The molecule has 0 bridgehead atoms. The number of nitrogens with zero attached hydrogens (tertiary/aromatic N) is 1. The van der Waals surface area contributed by atoms with Gasteiger partial charge in [0.25, 0.3) is 5.91 Å². The van der Waals surface area contributed by atoms with E-state index in [-0.39, 0.29) is 11.5 Å².